The van der Waals surface area contributed by atoms with E-state index in [4.69, 9.17) is 4.74 Å². The largest absolute Gasteiger partial charge is 0.462 e. The van der Waals surface area contributed by atoms with Crippen LogP contribution in [0.15, 0.2) is 0 Å². The van der Waals surface area contributed by atoms with Gasteiger partial charge < -0.3 is 10.1 Å². The van der Waals surface area contributed by atoms with Gasteiger partial charge in [0, 0.05) is 18.1 Å². The van der Waals surface area contributed by atoms with Crippen LogP contribution in [-0.4, -0.2) is 35.6 Å². The molecule has 0 radical (unpaired) electrons. The average Bonchev–Trinajstić information content (AvgIpc) is 2.84. The van der Waals surface area contributed by atoms with Crippen LogP contribution < -0.4 is 5.32 Å². The van der Waals surface area contributed by atoms with Crippen LogP contribution in [0.3, 0.4) is 0 Å². The number of rotatable bonds is 4. The summed E-state index contributed by atoms with van der Waals surface area (Å²) in [6, 6.07) is 0.280. The summed E-state index contributed by atoms with van der Waals surface area (Å²) in [5.74, 6) is 1.94. The summed E-state index contributed by atoms with van der Waals surface area (Å²) in [6.07, 6.45) is 0.768. The fraction of sp³-hybridized carbons (Fsp3) is 0.667. The number of hydrogen-bond donors (Lipinski definition) is 1. The number of carbonyl (C=O) groups excluding carboxylic acids is 1. The van der Waals surface area contributed by atoms with Crippen molar-refractivity contribution in [2.24, 2.45) is 0 Å². The molecule has 0 amide bonds. The molecule has 0 bridgehead atoms. The van der Waals surface area contributed by atoms with E-state index in [1.807, 2.05) is 25.6 Å². The molecule has 1 fully saturated rings. The van der Waals surface area contributed by atoms with Crippen LogP contribution in [-0.2, 0) is 11.2 Å². The number of ether oxygens (including phenoxy) is 1. The molecule has 6 heteroatoms. The van der Waals surface area contributed by atoms with Crippen LogP contribution in [0.1, 0.15) is 40.3 Å². The molecule has 0 spiro atoms. The van der Waals surface area contributed by atoms with Gasteiger partial charge in [0.1, 0.15) is 9.88 Å². The number of thiazole rings is 1. The minimum absolute atomic E-state index is 0.235. The molecule has 1 unspecified atom stereocenters. The maximum absolute atomic E-state index is 11.8. The van der Waals surface area contributed by atoms with Gasteiger partial charge in [-0.1, -0.05) is 6.92 Å². The standard InChI is InChI=1S/C12H18N2O2S2/c1-3-8-10(12(15)16-4-2)18-11(14-8)9-7-17-6-5-13-9/h9,13H,3-7H2,1-2H3. The second-order valence-electron chi connectivity index (χ2n) is 3.98. The molecular weight excluding hydrogens is 268 g/mol. The molecule has 4 nitrogen and oxygen atoms in total. The van der Waals surface area contributed by atoms with Crippen molar-refractivity contribution in [3.8, 4) is 0 Å². The molecule has 1 aromatic rings. The summed E-state index contributed by atoms with van der Waals surface area (Å²) in [5, 5.41) is 4.46. The van der Waals surface area contributed by atoms with E-state index >= 15 is 0 Å². The molecule has 0 aliphatic carbocycles. The number of hydrogen-bond acceptors (Lipinski definition) is 6. The molecule has 1 aliphatic rings. The van der Waals surface area contributed by atoms with Crippen molar-refractivity contribution in [2.75, 3.05) is 24.7 Å². The molecule has 100 valence electrons. The molecule has 1 aliphatic heterocycles. The Morgan fingerprint density at radius 3 is 3.00 bits per heavy atom. The summed E-state index contributed by atoms with van der Waals surface area (Å²) in [7, 11) is 0. The minimum atomic E-state index is -0.235. The number of thioether (sulfide) groups is 1. The van der Waals surface area contributed by atoms with E-state index in [-0.39, 0.29) is 12.0 Å². The lowest BCUT2D eigenvalue weighted by molar-refractivity contribution is 0.0530. The number of carbonyl (C=O) groups is 1. The van der Waals surface area contributed by atoms with Crippen molar-refractivity contribution in [3.05, 3.63) is 15.6 Å². The Hall–Kier alpha value is -0.590. The van der Waals surface area contributed by atoms with Gasteiger partial charge in [-0.05, 0) is 13.3 Å². The third kappa shape index (κ3) is 3.05. The monoisotopic (exact) mass is 286 g/mol. The number of nitrogens with one attached hydrogen (secondary N) is 1. The third-order valence-corrected chi connectivity index (χ3v) is 4.98. The summed E-state index contributed by atoms with van der Waals surface area (Å²) in [4.78, 5) is 17.1. The lowest BCUT2D eigenvalue weighted by Gasteiger charge is -2.20. The first kappa shape index (κ1) is 13.8. The van der Waals surface area contributed by atoms with E-state index in [0.717, 1.165) is 35.2 Å². The molecule has 1 saturated heterocycles. The smallest absolute Gasteiger partial charge is 0.350 e. The highest BCUT2D eigenvalue weighted by molar-refractivity contribution is 7.99. The van der Waals surface area contributed by atoms with E-state index in [1.165, 1.54) is 11.3 Å². The first-order valence-electron chi connectivity index (χ1n) is 6.24. The predicted octanol–water partition coefficient (Wildman–Crippen LogP) is 2.26. The summed E-state index contributed by atoms with van der Waals surface area (Å²) >= 11 is 3.40. The Bertz CT molecular complexity index is 414. The SMILES string of the molecule is CCOC(=O)c1sc(C2CSCCN2)nc1CC. The van der Waals surface area contributed by atoms with Gasteiger partial charge in [-0.15, -0.1) is 11.3 Å². The lowest BCUT2D eigenvalue weighted by atomic mass is 10.3. The fourth-order valence-electron chi connectivity index (χ4n) is 1.84. The van der Waals surface area contributed by atoms with E-state index in [2.05, 4.69) is 10.3 Å². The summed E-state index contributed by atoms with van der Waals surface area (Å²) in [5.41, 5.74) is 0.867. The van der Waals surface area contributed by atoms with Gasteiger partial charge in [0.15, 0.2) is 0 Å². The zero-order valence-electron chi connectivity index (χ0n) is 10.7. The van der Waals surface area contributed by atoms with Crippen molar-refractivity contribution in [3.63, 3.8) is 0 Å². The molecule has 2 heterocycles. The van der Waals surface area contributed by atoms with E-state index in [0.29, 0.717) is 11.5 Å². The first-order chi connectivity index (χ1) is 8.76. The highest BCUT2D eigenvalue weighted by Gasteiger charge is 2.24. The number of nitrogens with zero attached hydrogens (tertiary/aromatic N) is 1. The zero-order valence-corrected chi connectivity index (χ0v) is 12.3. The van der Waals surface area contributed by atoms with Crippen molar-refractivity contribution in [1.82, 2.24) is 10.3 Å². The van der Waals surface area contributed by atoms with Gasteiger partial charge in [-0.3, -0.25) is 0 Å². The molecule has 1 aromatic heterocycles. The lowest BCUT2D eigenvalue weighted by Crippen LogP contribution is -2.30. The van der Waals surface area contributed by atoms with E-state index in [9.17, 15) is 4.79 Å². The highest BCUT2D eigenvalue weighted by Crippen LogP contribution is 2.29. The number of aryl methyl sites for hydroxylation is 1. The second kappa shape index (κ2) is 6.54. The molecule has 0 saturated carbocycles. The molecule has 0 aromatic carbocycles. The molecule has 1 N–H and O–H groups in total. The zero-order chi connectivity index (χ0) is 13.0. The second-order valence-corrected chi connectivity index (χ2v) is 6.16. The van der Waals surface area contributed by atoms with Crippen molar-refractivity contribution >= 4 is 29.1 Å². The van der Waals surface area contributed by atoms with Crippen LogP contribution >= 0.6 is 23.1 Å². The Kier molecular flexibility index (Phi) is 5.03. The predicted molar refractivity (Wildman–Crippen MR) is 75.5 cm³/mol. The fourth-order valence-corrected chi connectivity index (χ4v) is 4.01. The first-order valence-corrected chi connectivity index (χ1v) is 8.21. The van der Waals surface area contributed by atoms with Crippen molar-refractivity contribution in [2.45, 2.75) is 26.3 Å². The quantitative estimate of drug-likeness (QED) is 0.860. The van der Waals surface area contributed by atoms with Crippen molar-refractivity contribution in [1.29, 1.82) is 0 Å². The van der Waals surface area contributed by atoms with Crippen LogP contribution in [0.5, 0.6) is 0 Å². The number of esters is 1. The van der Waals surface area contributed by atoms with Gasteiger partial charge in [-0.25, -0.2) is 9.78 Å². The van der Waals surface area contributed by atoms with Gasteiger partial charge in [0.05, 0.1) is 18.3 Å². The Morgan fingerprint density at radius 1 is 1.56 bits per heavy atom. The highest BCUT2D eigenvalue weighted by atomic mass is 32.2. The van der Waals surface area contributed by atoms with Gasteiger partial charge in [-0.2, -0.15) is 11.8 Å². The van der Waals surface area contributed by atoms with E-state index < -0.39 is 0 Å². The average molecular weight is 286 g/mol. The Morgan fingerprint density at radius 2 is 2.39 bits per heavy atom. The Labute approximate surface area is 116 Å². The molecule has 2 rings (SSSR count). The maximum atomic E-state index is 11.8. The topological polar surface area (TPSA) is 51.2 Å². The van der Waals surface area contributed by atoms with Crippen LogP contribution in [0.4, 0.5) is 0 Å². The van der Waals surface area contributed by atoms with Crippen LogP contribution in [0, 0.1) is 0 Å². The van der Waals surface area contributed by atoms with Crippen molar-refractivity contribution < 1.29 is 9.53 Å². The third-order valence-electron chi connectivity index (χ3n) is 2.73. The minimum Gasteiger partial charge on any atom is -0.462 e. The van der Waals surface area contributed by atoms with Gasteiger partial charge >= 0.3 is 5.97 Å². The molecular formula is C12H18N2O2S2. The summed E-state index contributed by atoms with van der Waals surface area (Å²) < 4.78 is 5.08. The molecule has 18 heavy (non-hydrogen) atoms. The van der Waals surface area contributed by atoms with Gasteiger partial charge in [0.25, 0.3) is 0 Å². The van der Waals surface area contributed by atoms with Crippen LogP contribution in [0.25, 0.3) is 0 Å². The summed E-state index contributed by atoms with van der Waals surface area (Å²) in [6.45, 7) is 5.26. The molecule has 1 atom stereocenters. The maximum Gasteiger partial charge on any atom is 0.350 e. The van der Waals surface area contributed by atoms with Gasteiger partial charge in [0.2, 0.25) is 0 Å². The van der Waals surface area contributed by atoms with E-state index in [1.54, 1.807) is 0 Å². The normalized spacial score (nSPS) is 19.8. The Balaban J connectivity index is 2.19. The van der Waals surface area contributed by atoms with Crippen LogP contribution in [0.2, 0.25) is 0 Å². The number of aromatic nitrogens is 1.